The van der Waals surface area contributed by atoms with Gasteiger partial charge in [-0.15, -0.1) is 23.1 Å². The molecular formula is C27H32N4O3S2. The van der Waals surface area contributed by atoms with E-state index in [-0.39, 0.29) is 29.0 Å². The second-order valence-electron chi connectivity index (χ2n) is 10.3. The summed E-state index contributed by atoms with van der Waals surface area (Å²) in [6.07, 6.45) is 0. The summed E-state index contributed by atoms with van der Waals surface area (Å²) >= 11 is 3.31. The summed E-state index contributed by atoms with van der Waals surface area (Å²) in [4.78, 5) is 31.7. The van der Waals surface area contributed by atoms with Gasteiger partial charge in [0.25, 0.3) is 0 Å². The maximum atomic E-state index is 13.7. The molecule has 2 amide bonds. The van der Waals surface area contributed by atoms with Crippen LogP contribution < -0.4 is 4.90 Å². The number of amides is 2. The Kier molecular flexibility index (Phi) is 6.98. The number of aromatic nitrogens is 2. The summed E-state index contributed by atoms with van der Waals surface area (Å²) in [5.74, 6) is 0.869. The average Bonchev–Trinajstić information content (AvgIpc) is 3.49. The predicted octanol–water partition coefficient (Wildman–Crippen LogP) is 4.57. The molecule has 9 heteroatoms. The molecular weight excluding hydrogens is 492 g/mol. The fraction of sp³-hybridized carbons (Fsp3) is 0.444. The number of hydrogen-bond donors (Lipinski definition) is 0. The summed E-state index contributed by atoms with van der Waals surface area (Å²) in [6, 6.07) is 12.3. The minimum Gasteiger partial charge on any atom is -0.378 e. The van der Waals surface area contributed by atoms with Crippen LogP contribution in [0.1, 0.15) is 47.7 Å². The molecule has 0 N–H and O–H groups in total. The SMILES string of the molecule is Cc1cccc(-n2nc(C(C)(C)C)c3c2N(CC(=O)N2CCOCC2)C(=O)CS[C@@H]3c2cccs2)c1. The molecule has 190 valence electrons. The standard InChI is InChI=1S/C27H32N4O3S2/c1-18-7-5-8-19(15-18)31-26-23(25(28-31)27(2,3)4)24(20-9-6-14-35-20)36-17-22(33)30(26)16-21(32)29-10-12-34-13-11-29/h5-9,14-15,24H,10-13,16-17H2,1-4H3/t24-/m1/s1. The second kappa shape index (κ2) is 10.0. The number of thiophene rings is 1. The van der Waals surface area contributed by atoms with Gasteiger partial charge in [-0.2, -0.15) is 5.10 Å². The van der Waals surface area contributed by atoms with Crippen LogP contribution in [0.3, 0.4) is 0 Å². The summed E-state index contributed by atoms with van der Waals surface area (Å²) in [6.45, 7) is 10.6. The first kappa shape index (κ1) is 25.0. The van der Waals surface area contributed by atoms with E-state index in [0.717, 1.165) is 22.5 Å². The maximum Gasteiger partial charge on any atom is 0.242 e. The van der Waals surface area contributed by atoms with E-state index in [1.165, 1.54) is 4.88 Å². The Morgan fingerprint density at radius 2 is 1.94 bits per heavy atom. The van der Waals surface area contributed by atoms with Crippen molar-refractivity contribution in [3.63, 3.8) is 0 Å². The monoisotopic (exact) mass is 524 g/mol. The number of nitrogens with zero attached hydrogens (tertiary/aromatic N) is 4. The van der Waals surface area contributed by atoms with Crippen LogP contribution in [0.25, 0.3) is 5.69 Å². The van der Waals surface area contributed by atoms with E-state index in [9.17, 15) is 9.59 Å². The Balaban J connectivity index is 1.71. The van der Waals surface area contributed by atoms with Gasteiger partial charge in [-0.1, -0.05) is 39.0 Å². The highest BCUT2D eigenvalue weighted by Gasteiger charge is 2.40. The molecule has 0 radical (unpaired) electrons. The second-order valence-corrected chi connectivity index (χ2v) is 12.3. The predicted molar refractivity (Wildman–Crippen MR) is 145 cm³/mol. The highest BCUT2D eigenvalue weighted by molar-refractivity contribution is 8.00. The summed E-state index contributed by atoms with van der Waals surface area (Å²) in [5, 5.41) is 7.18. The van der Waals surface area contributed by atoms with Crippen LogP contribution in [-0.4, -0.2) is 65.1 Å². The van der Waals surface area contributed by atoms with Crippen LogP contribution >= 0.6 is 23.1 Å². The number of rotatable bonds is 4. The first-order valence-electron chi connectivity index (χ1n) is 12.3. The molecule has 1 atom stereocenters. The highest BCUT2D eigenvalue weighted by Crippen LogP contribution is 2.49. The molecule has 0 spiro atoms. The van der Waals surface area contributed by atoms with Crippen molar-refractivity contribution < 1.29 is 14.3 Å². The van der Waals surface area contributed by atoms with Gasteiger partial charge in [-0.05, 0) is 36.1 Å². The molecule has 2 aromatic heterocycles. The number of thioether (sulfide) groups is 1. The molecule has 7 nitrogen and oxygen atoms in total. The minimum absolute atomic E-state index is 0.00928. The molecule has 4 heterocycles. The number of benzene rings is 1. The largest absolute Gasteiger partial charge is 0.378 e. The fourth-order valence-corrected chi connectivity index (χ4v) is 6.90. The van der Waals surface area contributed by atoms with Gasteiger partial charge in [0.15, 0.2) is 0 Å². The van der Waals surface area contributed by atoms with E-state index in [1.54, 1.807) is 32.9 Å². The van der Waals surface area contributed by atoms with Crippen LogP contribution in [0.5, 0.6) is 0 Å². The third-order valence-corrected chi connectivity index (χ3v) is 8.83. The van der Waals surface area contributed by atoms with Crippen LogP contribution in [0, 0.1) is 6.92 Å². The third-order valence-electron chi connectivity index (χ3n) is 6.50. The fourth-order valence-electron chi connectivity index (χ4n) is 4.73. The van der Waals surface area contributed by atoms with Crippen molar-refractivity contribution in [2.24, 2.45) is 0 Å². The number of carbonyl (C=O) groups excluding carboxylic acids is 2. The van der Waals surface area contributed by atoms with Crippen LogP contribution in [0.2, 0.25) is 0 Å². The van der Waals surface area contributed by atoms with Gasteiger partial charge in [-0.3, -0.25) is 14.5 Å². The van der Waals surface area contributed by atoms with Crippen molar-refractivity contribution in [3.05, 3.63) is 63.5 Å². The topological polar surface area (TPSA) is 67.7 Å². The molecule has 1 fully saturated rings. The molecule has 1 saturated heterocycles. The molecule has 2 aliphatic rings. The summed E-state index contributed by atoms with van der Waals surface area (Å²) in [5.41, 5.74) is 3.70. The molecule has 0 bridgehead atoms. The van der Waals surface area contributed by atoms with Gasteiger partial charge in [0.2, 0.25) is 11.8 Å². The average molecular weight is 525 g/mol. The zero-order valence-electron chi connectivity index (χ0n) is 21.2. The lowest BCUT2D eigenvalue weighted by molar-refractivity contribution is -0.134. The van der Waals surface area contributed by atoms with E-state index in [2.05, 4.69) is 44.4 Å². The van der Waals surface area contributed by atoms with Crippen molar-refractivity contribution in [3.8, 4) is 5.69 Å². The lowest BCUT2D eigenvalue weighted by Gasteiger charge is -2.30. The van der Waals surface area contributed by atoms with E-state index < -0.39 is 0 Å². The molecule has 0 aliphatic carbocycles. The van der Waals surface area contributed by atoms with Crippen molar-refractivity contribution >= 4 is 40.7 Å². The Hall–Kier alpha value is -2.62. The van der Waals surface area contributed by atoms with Crippen LogP contribution in [0.4, 0.5) is 5.82 Å². The van der Waals surface area contributed by atoms with Crippen molar-refractivity contribution in [1.29, 1.82) is 0 Å². The normalized spacial score (nSPS) is 18.8. The lowest BCUT2D eigenvalue weighted by atomic mass is 9.88. The molecule has 2 aliphatic heterocycles. The summed E-state index contributed by atoms with van der Waals surface area (Å²) in [7, 11) is 0. The number of hydrogen-bond acceptors (Lipinski definition) is 6. The molecule has 36 heavy (non-hydrogen) atoms. The smallest absolute Gasteiger partial charge is 0.242 e. The number of anilines is 1. The first-order chi connectivity index (χ1) is 17.2. The van der Waals surface area contributed by atoms with Crippen molar-refractivity contribution in [2.75, 3.05) is 43.5 Å². The molecule has 0 saturated carbocycles. The number of fused-ring (bicyclic) bond motifs is 1. The van der Waals surface area contributed by atoms with Gasteiger partial charge in [0, 0.05) is 28.9 Å². The molecule has 0 unspecified atom stereocenters. The van der Waals surface area contributed by atoms with E-state index in [1.807, 2.05) is 29.8 Å². The third kappa shape index (κ3) is 4.84. The number of ether oxygens (including phenoxy) is 1. The van der Waals surface area contributed by atoms with E-state index in [4.69, 9.17) is 9.84 Å². The van der Waals surface area contributed by atoms with Gasteiger partial charge in [0.1, 0.15) is 12.4 Å². The number of carbonyl (C=O) groups is 2. The first-order valence-corrected chi connectivity index (χ1v) is 14.2. The van der Waals surface area contributed by atoms with Crippen LogP contribution in [-0.2, 0) is 19.7 Å². The highest BCUT2D eigenvalue weighted by atomic mass is 32.2. The number of morpholine rings is 1. The maximum absolute atomic E-state index is 13.7. The van der Waals surface area contributed by atoms with E-state index in [0.29, 0.717) is 37.9 Å². The molecule has 5 rings (SSSR count). The quantitative estimate of drug-likeness (QED) is 0.500. The molecule has 1 aromatic carbocycles. The van der Waals surface area contributed by atoms with Gasteiger partial charge < -0.3 is 9.64 Å². The van der Waals surface area contributed by atoms with Gasteiger partial charge in [-0.25, -0.2) is 4.68 Å². The number of aryl methyl sites for hydroxylation is 1. The zero-order valence-corrected chi connectivity index (χ0v) is 22.8. The Bertz CT molecular complexity index is 1260. The minimum atomic E-state index is -0.261. The van der Waals surface area contributed by atoms with E-state index >= 15 is 0 Å². The summed E-state index contributed by atoms with van der Waals surface area (Å²) < 4.78 is 7.32. The van der Waals surface area contributed by atoms with Crippen LogP contribution in [0.15, 0.2) is 41.8 Å². The van der Waals surface area contributed by atoms with Crippen molar-refractivity contribution in [2.45, 2.75) is 38.4 Å². The Labute approximate surface area is 220 Å². The van der Waals surface area contributed by atoms with Gasteiger partial charge >= 0.3 is 0 Å². The zero-order chi connectivity index (χ0) is 25.4. The Morgan fingerprint density at radius 3 is 2.61 bits per heavy atom. The Morgan fingerprint density at radius 1 is 1.17 bits per heavy atom. The molecule has 3 aromatic rings. The van der Waals surface area contributed by atoms with Gasteiger partial charge in [0.05, 0.1) is 35.6 Å². The van der Waals surface area contributed by atoms with Crippen molar-refractivity contribution in [1.82, 2.24) is 14.7 Å². The lowest BCUT2D eigenvalue weighted by Crippen LogP contribution is -2.48.